The smallest absolute Gasteiger partial charge is 0.309 e. The number of rotatable bonds is 3. The quantitative estimate of drug-likeness (QED) is 0.635. The molecule has 3 rings (SSSR count). The molecule has 1 heterocycles. The maximum absolute atomic E-state index is 12.9. The first-order chi connectivity index (χ1) is 11.1. The van der Waals surface area contributed by atoms with Crippen molar-refractivity contribution < 1.29 is 19.1 Å². The highest BCUT2D eigenvalue weighted by Crippen LogP contribution is 2.46. The van der Waals surface area contributed by atoms with E-state index < -0.39 is 17.8 Å². The highest BCUT2D eigenvalue weighted by atomic mass is 16.5. The molecule has 122 valence electrons. The third kappa shape index (κ3) is 2.54. The Hall–Kier alpha value is -2.17. The van der Waals surface area contributed by atoms with Gasteiger partial charge in [-0.05, 0) is 37.8 Å². The van der Waals surface area contributed by atoms with Gasteiger partial charge in [-0.2, -0.15) is 0 Å². The Kier molecular flexibility index (Phi) is 4.20. The molecule has 1 saturated carbocycles. The van der Waals surface area contributed by atoms with E-state index in [0.29, 0.717) is 12.1 Å². The van der Waals surface area contributed by atoms with Gasteiger partial charge in [-0.3, -0.25) is 19.3 Å². The molecule has 4 atom stereocenters. The number of benzene rings is 1. The van der Waals surface area contributed by atoms with Crippen LogP contribution < -0.4 is 4.90 Å². The van der Waals surface area contributed by atoms with Gasteiger partial charge in [0.15, 0.2) is 0 Å². The van der Waals surface area contributed by atoms with Crippen LogP contribution in [0.2, 0.25) is 0 Å². The lowest BCUT2D eigenvalue weighted by Crippen LogP contribution is -2.40. The zero-order valence-electron chi connectivity index (χ0n) is 13.4. The van der Waals surface area contributed by atoms with Crippen molar-refractivity contribution in [2.45, 2.75) is 26.7 Å². The molecule has 5 heteroatoms. The molecule has 0 spiro atoms. The topological polar surface area (TPSA) is 63.7 Å². The molecule has 1 aliphatic carbocycles. The minimum atomic E-state index is -0.592. The molecule has 2 fully saturated rings. The third-order valence-electron chi connectivity index (χ3n) is 4.98. The van der Waals surface area contributed by atoms with Crippen molar-refractivity contribution in [2.24, 2.45) is 23.7 Å². The molecule has 2 amide bonds. The number of para-hydroxylation sites is 1. The van der Waals surface area contributed by atoms with Crippen molar-refractivity contribution in [2.75, 3.05) is 11.5 Å². The molecule has 1 aliphatic heterocycles. The minimum absolute atomic E-state index is 0.0934. The first-order valence-corrected chi connectivity index (χ1v) is 8.15. The fraction of sp³-hybridized carbons (Fsp3) is 0.500. The van der Waals surface area contributed by atoms with Gasteiger partial charge in [-0.1, -0.05) is 25.1 Å². The van der Waals surface area contributed by atoms with Crippen LogP contribution in [0.4, 0.5) is 5.69 Å². The lowest BCUT2D eigenvalue weighted by Gasteiger charge is -2.33. The van der Waals surface area contributed by atoms with Crippen LogP contribution in [0.25, 0.3) is 0 Å². The summed E-state index contributed by atoms with van der Waals surface area (Å²) < 4.78 is 5.13. The Bertz CT molecular complexity index is 627. The summed E-state index contributed by atoms with van der Waals surface area (Å²) in [5.41, 5.74) is 0.576. The molecule has 0 radical (unpaired) electrons. The van der Waals surface area contributed by atoms with Gasteiger partial charge in [-0.15, -0.1) is 0 Å². The van der Waals surface area contributed by atoms with Crippen molar-refractivity contribution in [1.82, 2.24) is 0 Å². The van der Waals surface area contributed by atoms with Crippen LogP contribution in [-0.4, -0.2) is 24.4 Å². The van der Waals surface area contributed by atoms with E-state index >= 15 is 0 Å². The lowest BCUT2D eigenvalue weighted by molar-refractivity contribution is -0.155. The maximum atomic E-state index is 12.9. The highest BCUT2D eigenvalue weighted by molar-refractivity contribution is 6.22. The van der Waals surface area contributed by atoms with Gasteiger partial charge < -0.3 is 4.74 Å². The van der Waals surface area contributed by atoms with E-state index in [0.717, 1.165) is 6.42 Å². The highest BCUT2D eigenvalue weighted by Gasteiger charge is 2.57. The molecule has 23 heavy (non-hydrogen) atoms. The summed E-state index contributed by atoms with van der Waals surface area (Å²) >= 11 is 0. The zero-order valence-corrected chi connectivity index (χ0v) is 13.4. The van der Waals surface area contributed by atoms with Crippen molar-refractivity contribution in [1.29, 1.82) is 0 Å². The zero-order chi connectivity index (χ0) is 16.6. The summed E-state index contributed by atoms with van der Waals surface area (Å²) in [7, 11) is 0. The lowest BCUT2D eigenvalue weighted by atomic mass is 9.68. The first kappa shape index (κ1) is 15.7. The summed E-state index contributed by atoms with van der Waals surface area (Å²) in [6.07, 6.45) is 1.36. The van der Waals surface area contributed by atoms with Gasteiger partial charge in [0, 0.05) is 0 Å². The summed E-state index contributed by atoms with van der Waals surface area (Å²) in [5.74, 6) is -2.25. The molecule has 1 aromatic rings. The molecule has 1 saturated heterocycles. The van der Waals surface area contributed by atoms with Gasteiger partial charge in [0.1, 0.15) is 0 Å². The summed E-state index contributed by atoms with van der Waals surface area (Å²) in [5, 5.41) is 0. The minimum Gasteiger partial charge on any atom is -0.466 e. The number of amides is 2. The van der Waals surface area contributed by atoms with Crippen LogP contribution in [0.15, 0.2) is 30.3 Å². The Morgan fingerprint density at radius 1 is 1.13 bits per heavy atom. The largest absolute Gasteiger partial charge is 0.466 e. The summed E-state index contributed by atoms with van der Waals surface area (Å²) in [4.78, 5) is 39.2. The number of anilines is 1. The number of imide groups is 1. The molecule has 2 aliphatic rings. The molecular weight excluding hydrogens is 294 g/mol. The first-order valence-electron chi connectivity index (χ1n) is 8.15. The molecule has 0 unspecified atom stereocenters. The number of esters is 1. The van der Waals surface area contributed by atoms with Crippen molar-refractivity contribution in [3.05, 3.63) is 30.3 Å². The molecule has 5 nitrogen and oxygen atoms in total. The Labute approximate surface area is 135 Å². The number of carbonyl (C=O) groups excluding carboxylic acids is 3. The Balaban J connectivity index is 1.96. The molecule has 0 bridgehead atoms. The van der Waals surface area contributed by atoms with Crippen LogP contribution >= 0.6 is 0 Å². The van der Waals surface area contributed by atoms with Gasteiger partial charge in [-0.25, -0.2) is 0 Å². The average Bonchev–Trinajstić information content (AvgIpc) is 2.81. The van der Waals surface area contributed by atoms with E-state index in [1.807, 2.05) is 13.0 Å². The van der Waals surface area contributed by atoms with Crippen LogP contribution in [-0.2, 0) is 19.1 Å². The Morgan fingerprint density at radius 2 is 1.78 bits per heavy atom. The summed E-state index contributed by atoms with van der Waals surface area (Å²) in [6.45, 7) is 4.02. The predicted octanol–water partition coefficient (Wildman–Crippen LogP) is 2.40. The molecule has 1 aromatic carbocycles. The van der Waals surface area contributed by atoms with E-state index in [1.165, 1.54) is 4.90 Å². The van der Waals surface area contributed by atoms with Crippen molar-refractivity contribution in [3.63, 3.8) is 0 Å². The normalized spacial score (nSPS) is 30.3. The number of hydrogen-bond donors (Lipinski definition) is 0. The van der Waals surface area contributed by atoms with E-state index in [2.05, 4.69) is 0 Å². The van der Waals surface area contributed by atoms with Gasteiger partial charge in [0.25, 0.3) is 0 Å². The number of ether oxygens (including phenoxy) is 1. The second-order valence-electron chi connectivity index (χ2n) is 6.31. The van der Waals surface area contributed by atoms with Crippen molar-refractivity contribution in [3.8, 4) is 0 Å². The van der Waals surface area contributed by atoms with E-state index in [4.69, 9.17) is 4.74 Å². The predicted molar refractivity (Wildman–Crippen MR) is 84.4 cm³/mol. The second kappa shape index (κ2) is 6.14. The fourth-order valence-corrected chi connectivity index (χ4v) is 3.88. The van der Waals surface area contributed by atoms with Gasteiger partial charge in [0.2, 0.25) is 11.8 Å². The van der Waals surface area contributed by atoms with Crippen LogP contribution in [0.1, 0.15) is 26.7 Å². The van der Waals surface area contributed by atoms with E-state index in [1.54, 1.807) is 31.2 Å². The fourth-order valence-electron chi connectivity index (χ4n) is 3.88. The maximum Gasteiger partial charge on any atom is 0.309 e. The SMILES string of the molecule is CCOC(=O)[C@@H]1CC[C@H](C)[C@@H]2C(=O)N(c3ccccc3)C(=O)[C@@H]21. The van der Waals surface area contributed by atoms with Gasteiger partial charge in [0.05, 0.1) is 30.0 Å². The van der Waals surface area contributed by atoms with Crippen LogP contribution in [0.3, 0.4) is 0 Å². The number of hydrogen-bond acceptors (Lipinski definition) is 4. The van der Waals surface area contributed by atoms with E-state index in [9.17, 15) is 14.4 Å². The molecule has 0 aromatic heterocycles. The average molecular weight is 315 g/mol. The van der Waals surface area contributed by atoms with Gasteiger partial charge >= 0.3 is 5.97 Å². The standard InChI is InChI=1S/C18H21NO4/c1-3-23-18(22)13-10-9-11(2)14-15(13)17(21)19(16(14)20)12-7-5-4-6-8-12/h4-8,11,13-15H,3,9-10H2,1-2H3/t11-,13+,14-,15+/m0/s1. The van der Waals surface area contributed by atoms with E-state index in [-0.39, 0.29) is 30.3 Å². The molecular formula is C18H21NO4. The number of nitrogens with zero attached hydrogens (tertiary/aromatic N) is 1. The van der Waals surface area contributed by atoms with Crippen LogP contribution in [0.5, 0.6) is 0 Å². The number of fused-ring (bicyclic) bond motifs is 1. The van der Waals surface area contributed by atoms with Crippen molar-refractivity contribution >= 4 is 23.5 Å². The second-order valence-corrected chi connectivity index (χ2v) is 6.31. The monoisotopic (exact) mass is 315 g/mol. The Morgan fingerprint density at radius 3 is 2.43 bits per heavy atom. The molecule has 0 N–H and O–H groups in total. The third-order valence-corrected chi connectivity index (χ3v) is 4.98. The van der Waals surface area contributed by atoms with Crippen LogP contribution in [0, 0.1) is 23.7 Å². The number of carbonyl (C=O) groups is 3. The summed E-state index contributed by atoms with van der Waals surface area (Å²) in [6, 6.07) is 8.92.